The van der Waals surface area contributed by atoms with Gasteiger partial charge in [-0.05, 0) is 93.0 Å². The van der Waals surface area contributed by atoms with Gasteiger partial charge in [0.1, 0.15) is 22.6 Å². The van der Waals surface area contributed by atoms with Crippen molar-refractivity contribution in [2.45, 2.75) is 0 Å². The highest BCUT2D eigenvalue weighted by Crippen LogP contribution is 2.48. The number of aromatic amines is 2. The minimum Gasteiger partial charge on any atom is -0.324 e. The normalized spacial score (nSPS) is 12.3. The van der Waals surface area contributed by atoms with Gasteiger partial charge in [-0.2, -0.15) is 0 Å². The first-order valence-corrected chi connectivity index (χ1v) is 33.8. The van der Waals surface area contributed by atoms with Crippen molar-refractivity contribution in [2.75, 3.05) is 0 Å². The first-order valence-electron chi connectivity index (χ1n) is 33.8. The van der Waals surface area contributed by atoms with Crippen molar-refractivity contribution in [3.05, 3.63) is 336 Å². The Labute approximate surface area is 597 Å². The minimum atomic E-state index is 0.300. The van der Waals surface area contributed by atoms with Gasteiger partial charge in [0.15, 0.2) is 23.3 Å². The number of hydrogen-bond donors (Lipinski definition) is 2. The molecule has 2 aliphatic rings. The predicted octanol–water partition coefficient (Wildman–Crippen LogP) is 20.9. The summed E-state index contributed by atoms with van der Waals surface area (Å²) in [5.41, 5.74) is 15.8. The number of fused-ring (bicyclic) bond motifs is 20. The predicted molar refractivity (Wildman–Crippen MR) is 426 cm³/mol. The van der Waals surface area contributed by atoms with Crippen molar-refractivity contribution in [3.8, 4) is 45.6 Å². The lowest BCUT2D eigenvalue weighted by atomic mass is 10.0. The Morgan fingerprint density at radius 2 is 0.442 bits per heavy atom. The minimum absolute atomic E-state index is 0.300. The lowest BCUT2D eigenvalue weighted by Crippen LogP contribution is -1.87. The number of hydrogen-bond acceptors (Lipinski definition) is 14. The third kappa shape index (κ3) is 13.8. The lowest BCUT2D eigenvalue weighted by Gasteiger charge is -2.06. The van der Waals surface area contributed by atoms with E-state index < -0.39 is 0 Å². The standard InChI is InChI=1S/C88H58N16/c1-9-25-57(26-10-1)49-89-65-41-69-77(73(45-65)93-53-61-33-17-5-18-34-61)85-97-81(69)101-86-78-70(42-66(90-50-58-27-11-2-12-28-58)46-74(78)94-54-62-35-19-6-20-36-62)83(98-86)103-88-80-72(44-68(92-52-60-31-15-4-16-32-60)48-76(80)96-56-64-39-23-8-24-40-64)84(100-88)104-87-79-71(82(99-87)102-85)43-67(91-51-59-29-13-3-14-30-59)47-75(79)95-55-63-37-21-7-22-38-63/h1-56H,(H2,97,98,99,100,101,102,103,104). The molecule has 16 heteroatoms. The molecular formula is C88H58N16. The summed E-state index contributed by atoms with van der Waals surface area (Å²) >= 11 is 0. The molecule has 2 N–H and O–H groups in total. The van der Waals surface area contributed by atoms with Gasteiger partial charge in [0.25, 0.3) is 0 Å². The topological polar surface area (TPSA) is 208 Å². The summed E-state index contributed by atoms with van der Waals surface area (Å²) in [6, 6.07) is 95.5. The Bertz CT molecular complexity index is 5790. The van der Waals surface area contributed by atoms with Crippen LogP contribution in [0.5, 0.6) is 0 Å². The molecule has 0 unspecified atom stereocenters. The zero-order valence-electron chi connectivity index (χ0n) is 55.6. The van der Waals surface area contributed by atoms with E-state index >= 15 is 0 Å². The van der Waals surface area contributed by atoms with E-state index in [9.17, 15) is 0 Å². The highest BCUT2D eigenvalue weighted by Gasteiger charge is 2.28. The van der Waals surface area contributed by atoms with Crippen molar-refractivity contribution >= 4 is 139 Å². The molecule has 0 fully saturated rings. The van der Waals surface area contributed by atoms with Crippen LogP contribution in [0, 0.1) is 0 Å². The van der Waals surface area contributed by atoms with E-state index in [4.69, 9.17) is 69.8 Å². The maximum absolute atomic E-state index is 5.65. The fourth-order valence-corrected chi connectivity index (χ4v) is 12.3. The van der Waals surface area contributed by atoms with Crippen LogP contribution in [-0.4, -0.2) is 89.6 Å². The Morgan fingerprint density at radius 1 is 0.212 bits per heavy atom. The van der Waals surface area contributed by atoms with Gasteiger partial charge in [-0.1, -0.05) is 243 Å². The first kappa shape index (κ1) is 62.8. The summed E-state index contributed by atoms with van der Waals surface area (Å²) in [5.74, 6) is 1.21. The molecule has 8 bridgehead atoms. The number of aliphatic imine (C=N–C) groups is 8. The fraction of sp³-hybridized carbons (Fsp3) is 0. The van der Waals surface area contributed by atoms with E-state index in [2.05, 4.69) is 9.97 Å². The van der Waals surface area contributed by atoms with Gasteiger partial charge in [-0.25, -0.2) is 29.9 Å². The Balaban J connectivity index is 1.03. The molecule has 5 heterocycles. The average Bonchev–Trinajstić information content (AvgIpc) is 1.60. The van der Waals surface area contributed by atoms with Crippen LogP contribution in [0.15, 0.2) is 331 Å². The molecule has 2 aliphatic heterocycles. The summed E-state index contributed by atoms with van der Waals surface area (Å²) in [7, 11) is 0. The second kappa shape index (κ2) is 28.7. The van der Waals surface area contributed by atoms with Crippen LogP contribution in [0.3, 0.4) is 0 Å². The molecule has 0 radical (unpaired) electrons. The number of nitrogens with zero attached hydrogens (tertiary/aromatic N) is 14. The van der Waals surface area contributed by atoms with Crippen molar-refractivity contribution in [2.24, 2.45) is 39.9 Å². The van der Waals surface area contributed by atoms with Gasteiger partial charge >= 0.3 is 0 Å². The van der Waals surface area contributed by atoms with Crippen molar-refractivity contribution in [1.29, 1.82) is 0 Å². The zero-order chi connectivity index (χ0) is 69.4. The van der Waals surface area contributed by atoms with Gasteiger partial charge in [-0.15, -0.1) is 0 Å². The molecule has 0 atom stereocenters. The Hall–Kier alpha value is -14.6. The van der Waals surface area contributed by atoms with Crippen molar-refractivity contribution < 1.29 is 0 Å². The van der Waals surface area contributed by atoms with Crippen molar-refractivity contribution in [1.82, 2.24) is 39.9 Å². The molecule has 16 nitrogen and oxygen atoms in total. The molecule has 3 aromatic heterocycles. The molecule has 17 rings (SSSR count). The average molecular weight is 1340 g/mol. The molecule has 0 spiro atoms. The fourth-order valence-electron chi connectivity index (χ4n) is 12.3. The second-order valence-corrected chi connectivity index (χ2v) is 24.5. The van der Waals surface area contributed by atoms with E-state index in [-0.39, 0.29) is 0 Å². The smallest absolute Gasteiger partial charge is 0.166 e. The molecule has 104 heavy (non-hydrogen) atoms. The van der Waals surface area contributed by atoms with Crippen molar-refractivity contribution in [3.63, 3.8) is 0 Å². The molecule has 490 valence electrons. The van der Waals surface area contributed by atoms with Gasteiger partial charge < -0.3 is 9.97 Å². The highest BCUT2D eigenvalue weighted by molar-refractivity contribution is 6.15. The summed E-state index contributed by atoms with van der Waals surface area (Å²) in [6.07, 6.45) is 14.7. The highest BCUT2D eigenvalue weighted by atomic mass is 15.1. The maximum Gasteiger partial charge on any atom is 0.166 e. The lowest BCUT2D eigenvalue weighted by molar-refractivity contribution is 1.19. The Kier molecular flexibility index (Phi) is 17.3. The monoisotopic (exact) mass is 1340 g/mol. The van der Waals surface area contributed by atoms with E-state index in [1.165, 1.54) is 0 Å². The number of aromatic nitrogens is 8. The van der Waals surface area contributed by atoms with Crippen LogP contribution in [-0.2, 0) is 0 Å². The molecule has 0 amide bonds. The second-order valence-electron chi connectivity index (χ2n) is 24.5. The van der Waals surface area contributed by atoms with E-state index in [0.717, 1.165) is 44.5 Å². The number of H-pyrrole nitrogens is 2. The van der Waals surface area contributed by atoms with Crippen LogP contribution in [0.2, 0.25) is 0 Å². The van der Waals surface area contributed by atoms with Crippen LogP contribution in [0.1, 0.15) is 44.5 Å². The van der Waals surface area contributed by atoms with Crippen LogP contribution in [0.4, 0.5) is 45.5 Å². The zero-order valence-corrected chi connectivity index (χ0v) is 55.6. The molecule has 0 saturated heterocycles. The molecule has 12 aromatic carbocycles. The van der Waals surface area contributed by atoms with Crippen LogP contribution >= 0.6 is 0 Å². The van der Waals surface area contributed by atoms with E-state index in [1.54, 1.807) is 0 Å². The Morgan fingerprint density at radius 3 is 0.721 bits per heavy atom. The van der Waals surface area contributed by atoms with Gasteiger partial charge in [-0.3, -0.25) is 39.9 Å². The quantitative estimate of drug-likeness (QED) is 0.0899. The molecular weight excluding hydrogens is 1280 g/mol. The maximum atomic E-state index is 5.65. The van der Waals surface area contributed by atoms with Gasteiger partial charge in [0, 0.05) is 71.6 Å². The first-order chi connectivity index (χ1) is 51.5. The summed E-state index contributed by atoms with van der Waals surface area (Å²) in [4.78, 5) is 82.7. The molecule has 0 saturated carbocycles. The van der Waals surface area contributed by atoms with Gasteiger partial charge in [0.2, 0.25) is 0 Å². The molecule has 15 aromatic rings. The molecule has 0 aliphatic carbocycles. The van der Waals surface area contributed by atoms with Gasteiger partial charge in [0.05, 0.1) is 67.4 Å². The van der Waals surface area contributed by atoms with E-state index in [1.807, 2.05) is 341 Å². The summed E-state index contributed by atoms with van der Waals surface area (Å²) in [5, 5.41) is 2.53. The third-order valence-corrected chi connectivity index (χ3v) is 17.3. The number of nitrogens with one attached hydrogen (secondary N) is 2. The SMILES string of the molecule is C(=Nc1cc(N=Cc2ccccc2)c2c(c1)-c1nc-2nc2[nH]c(nc3nc(nc4[nH]c(n1)c1c(N=Cc5ccccc5)cc(N=Cc5ccccc5)cc41)-c1c(N=Cc4ccccc4)cc(N=Cc4ccccc4)cc1-3)c1c(N=Cc3ccccc3)cc(N=Cc3ccccc3)cc21)c1ccccc1. The number of rotatable bonds is 16. The van der Waals surface area contributed by atoms with Crippen LogP contribution < -0.4 is 0 Å². The van der Waals surface area contributed by atoms with E-state index in [0.29, 0.717) is 135 Å². The number of benzene rings is 12. The summed E-state index contributed by atoms with van der Waals surface area (Å²) < 4.78 is 0. The van der Waals surface area contributed by atoms with Crippen LogP contribution in [0.25, 0.3) is 89.7 Å². The largest absolute Gasteiger partial charge is 0.324 e. The summed E-state index contributed by atoms with van der Waals surface area (Å²) in [6.45, 7) is 0. The third-order valence-electron chi connectivity index (χ3n) is 17.3.